The first kappa shape index (κ1) is 17.7. The summed E-state index contributed by atoms with van der Waals surface area (Å²) >= 11 is 0. The van der Waals surface area contributed by atoms with Crippen molar-refractivity contribution in [2.75, 3.05) is 6.54 Å². The van der Waals surface area contributed by atoms with Gasteiger partial charge in [-0.25, -0.2) is 4.98 Å². The van der Waals surface area contributed by atoms with Gasteiger partial charge in [0.05, 0.1) is 5.69 Å². The van der Waals surface area contributed by atoms with Crippen LogP contribution < -0.4 is 0 Å². The van der Waals surface area contributed by atoms with E-state index >= 15 is 0 Å². The monoisotopic (exact) mass is 344 g/mol. The molecule has 136 valence electrons. The highest BCUT2D eigenvalue weighted by atomic mass is 16.5. The molecule has 0 saturated carbocycles. The highest BCUT2D eigenvalue weighted by molar-refractivity contribution is 5.77. The van der Waals surface area contributed by atoms with Gasteiger partial charge in [0.2, 0.25) is 5.91 Å². The molecule has 0 N–H and O–H groups in total. The van der Waals surface area contributed by atoms with Crippen LogP contribution in [0.5, 0.6) is 0 Å². The van der Waals surface area contributed by atoms with Crippen LogP contribution >= 0.6 is 0 Å². The van der Waals surface area contributed by atoms with Gasteiger partial charge in [0.1, 0.15) is 11.6 Å². The van der Waals surface area contributed by atoms with Crippen molar-refractivity contribution in [2.45, 2.75) is 65.3 Å². The number of rotatable bonds is 6. The standard InChI is InChI=1S/C19H28N4O2/c1-13-12-20-18(22(13)4)9-7-16-6-5-11-23(16)19(24)10-8-17-14(2)21-25-15(17)3/h12,16H,5-11H2,1-4H3. The molecule has 3 heterocycles. The molecular formula is C19H28N4O2. The molecule has 1 atom stereocenters. The van der Waals surface area contributed by atoms with Crippen molar-refractivity contribution in [3.63, 3.8) is 0 Å². The molecule has 6 heteroatoms. The molecule has 3 rings (SSSR count). The number of hydrogen-bond donors (Lipinski definition) is 0. The summed E-state index contributed by atoms with van der Waals surface area (Å²) in [6, 6.07) is 0.342. The maximum Gasteiger partial charge on any atom is 0.223 e. The maximum atomic E-state index is 12.7. The summed E-state index contributed by atoms with van der Waals surface area (Å²) in [6.07, 6.45) is 7.25. The van der Waals surface area contributed by atoms with Crippen LogP contribution in [0.4, 0.5) is 0 Å². The number of carbonyl (C=O) groups excluding carboxylic acids is 1. The average molecular weight is 344 g/mol. The van der Waals surface area contributed by atoms with E-state index in [4.69, 9.17) is 4.52 Å². The first-order chi connectivity index (χ1) is 12.0. The van der Waals surface area contributed by atoms with Crippen molar-refractivity contribution in [3.8, 4) is 0 Å². The van der Waals surface area contributed by atoms with Crippen molar-refractivity contribution < 1.29 is 9.32 Å². The zero-order valence-corrected chi connectivity index (χ0v) is 15.7. The summed E-state index contributed by atoms with van der Waals surface area (Å²) in [6.45, 7) is 6.79. The topological polar surface area (TPSA) is 64.2 Å². The first-order valence-corrected chi connectivity index (χ1v) is 9.15. The van der Waals surface area contributed by atoms with E-state index in [1.165, 1.54) is 5.69 Å². The first-order valence-electron chi connectivity index (χ1n) is 9.15. The van der Waals surface area contributed by atoms with Crippen LogP contribution in [0.2, 0.25) is 0 Å². The van der Waals surface area contributed by atoms with Gasteiger partial charge in [0.25, 0.3) is 0 Å². The van der Waals surface area contributed by atoms with E-state index in [0.29, 0.717) is 18.9 Å². The molecule has 6 nitrogen and oxygen atoms in total. The molecule has 1 aliphatic rings. The molecule has 1 aliphatic heterocycles. The van der Waals surface area contributed by atoms with Crippen LogP contribution in [-0.4, -0.2) is 38.1 Å². The lowest BCUT2D eigenvalue weighted by atomic mass is 10.1. The molecular weight excluding hydrogens is 316 g/mol. The van der Waals surface area contributed by atoms with Gasteiger partial charge in [-0.3, -0.25) is 4.79 Å². The minimum atomic E-state index is 0.249. The molecule has 25 heavy (non-hydrogen) atoms. The fraction of sp³-hybridized carbons (Fsp3) is 0.632. The number of likely N-dealkylation sites (tertiary alicyclic amines) is 1. The Morgan fingerprint density at radius 3 is 2.76 bits per heavy atom. The van der Waals surface area contributed by atoms with Crippen LogP contribution in [0, 0.1) is 20.8 Å². The number of aryl methyl sites for hydroxylation is 4. The van der Waals surface area contributed by atoms with Crippen LogP contribution in [0.25, 0.3) is 0 Å². The summed E-state index contributed by atoms with van der Waals surface area (Å²) in [5.41, 5.74) is 3.15. The van der Waals surface area contributed by atoms with E-state index in [0.717, 1.165) is 55.1 Å². The number of nitrogens with zero attached hydrogens (tertiary/aromatic N) is 4. The summed E-state index contributed by atoms with van der Waals surface area (Å²) in [7, 11) is 2.05. The molecule has 0 bridgehead atoms. The Hall–Kier alpha value is -2.11. The molecule has 1 unspecified atom stereocenters. The number of amides is 1. The smallest absolute Gasteiger partial charge is 0.223 e. The Bertz CT molecular complexity index is 727. The minimum absolute atomic E-state index is 0.249. The van der Waals surface area contributed by atoms with Gasteiger partial charge in [-0.2, -0.15) is 0 Å². The van der Waals surface area contributed by atoms with Gasteiger partial charge in [-0.1, -0.05) is 5.16 Å². The molecule has 1 fully saturated rings. The third-order valence-corrected chi connectivity index (χ3v) is 5.49. The van der Waals surface area contributed by atoms with E-state index < -0.39 is 0 Å². The van der Waals surface area contributed by atoms with Gasteiger partial charge in [-0.15, -0.1) is 0 Å². The molecule has 0 aliphatic carbocycles. The van der Waals surface area contributed by atoms with Gasteiger partial charge >= 0.3 is 0 Å². The van der Waals surface area contributed by atoms with Crippen molar-refractivity contribution >= 4 is 5.91 Å². The van der Waals surface area contributed by atoms with Crippen LogP contribution in [0.1, 0.15) is 54.2 Å². The molecule has 0 radical (unpaired) electrons. The Balaban J connectivity index is 1.55. The lowest BCUT2D eigenvalue weighted by Crippen LogP contribution is -2.36. The number of hydrogen-bond acceptors (Lipinski definition) is 4. The predicted octanol–water partition coefficient (Wildman–Crippen LogP) is 2.89. The number of carbonyl (C=O) groups is 1. The highest BCUT2D eigenvalue weighted by Gasteiger charge is 2.28. The number of imidazole rings is 1. The third kappa shape index (κ3) is 3.78. The lowest BCUT2D eigenvalue weighted by molar-refractivity contribution is -0.132. The van der Waals surface area contributed by atoms with Crippen LogP contribution in [0.3, 0.4) is 0 Å². The predicted molar refractivity (Wildman–Crippen MR) is 95.3 cm³/mol. The molecule has 0 spiro atoms. The molecule has 0 aromatic carbocycles. The summed E-state index contributed by atoms with van der Waals surface area (Å²) < 4.78 is 7.33. The molecule has 2 aromatic heterocycles. The SMILES string of the molecule is Cc1noc(C)c1CCC(=O)N1CCCC1CCc1ncc(C)n1C. The molecule has 1 amide bonds. The van der Waals surface area contributed by atoms with Gasteiger partial charge in [0, 0.05) is 49.9 Å². The second-order valence-corrected chi connectivity index (χ2v) is 7.10. The quantitative estimate of drug-likeness (QED) is 0.808. The third-order valence-electron chi connectivity index (χ3n) is 5.49. The van der Waals surface area contributed by atoms with Crippen LogP contribution in [0.15, 0.2) is 10.7 Å². The van der Waals surface area contributed by atoms with Gasteiger partial charge in [-0.05, 0) is 46.5 Å². The minimum Gasteiger partial charge on any atom is -0.361 e. The Kier molecular flexibility index (Phi) is 5.25. The number of aromatic nitrogens is 3. The Morgan fingerprint density at radius 1 is 1.32 bits per heavy atom. The second kappa shape index (κ2) is 7.42. The second-order valence-electron chi connectivity index (χ2n) is 7.10. The fourth-order valence-electron chi connectivity index (χ4n) is 3.77. The fourth-order valence-corrected chi connectivity index (χ4v) is 3.77. The van der Waals surface area contributed by atoms with Crippen molar-refractivity contribution in [1.82, 2.24) is 19.6 Å². The van der Waals surface area contributed by atoms with Crippen molar-refractivity contribution in [3.05, 3.63) is 34.7 Å². The Labute approximate surface area is 149 Å². The van der Waals surface area contributed by atoms with E-state index in [9.17, 15) is 4.79 Å². The van der Waals surface area contributed by atoms with Crippen molar-refractivity contribution in [2.24, 2.45) is 7.05 Å². The zero-order valence-electron chi connectivity index (χ0n) is 15.7. The Morgan fingerprint density at radius 2 is 2.12 bits per heavy atom. The van der Waals surface area contributed by atoms with E-state index in [1.807, 2.05) is 20.0 Å². The largest absolute Gasteiger partial charge is 0.361 e. The van der Waals surface area contributed by atoms with E-state index in [2.05, 4.69) is 33.6 Å². The highest BCUT2D eigenvalue weighted by Crippen LogP contribution is 2.24. The maximum absolute atomic E-state index is 12.7. The normalized spacial score (nSPS) is 17.4. The van der Waals surface area contributed by atoms with Gasteiger partial charge in [0.15, 0.2) is 0 Å². The van der Waals surface area contributed by atoms with Gasteiger partial charge < -0.3 is 14.0 Å². The molecule has 2 aromatic rings. The van der Waals surface area contributed by atoms with Crippen molar-refractivity contribution in [1.29, 1.82) is 0 Å². The summed E-state index contributed by atoms with van der Waals surface area (Å²) in [4.78, 5) is 19.3. The molecule has 1 saturated heterocycles. The zero-order chi connectivity index (χ0) is 18.0. The summed E-state index contributed by atoms with van der Waals surface area (Å²) in [5, 5.41) is 3.97. The van der Waals surface area contributed by atoms with E-state index in [1.54, 1.807) is 0 Å². The lowest BCUT2D eigenvalue weighted by Gasteiger charge is -2.25. The van der Waals surface area contributed by atoms with Crippen LogP contribution in [-0.2, 0) is 24.7 Å². The average Bonchev–Trinajstić information content (AvgIpc) is 3.27. The van der Waals surface area contributed by atoms with E-state index in [-0.39, 0.29) is 5.91 Å². The summed E-state index contributed by atoms with van der Waals surface area (Å²) in [5.74, 6) is 2.18.